The number of halogens is 1. The average Bonchev–Trinajstić information content (AvgIpc) is 2.41. The number of rotatable bonds is 4. The van der Waals surface area contributed by atoms with Crippen LogP contribution in [0.5, 0.6) is 11.5 Å². The van der Waals surface area contributed by atoms with Crippen molar-refractivity contribution in [3.8, 4) is 17.6 Å². The van der Waals surface area contributed by atoms with Gasteiger partial charge in [-0.1, -0.05) is 17.7 Å². The van der Waals surface area contributed by atoms with Gasteiger partial charge in [-0.15, -0.1) is 0 Å². The average molecular weight is 274 g/mol. The lowest BCUT2D eigenvalue weighted by Gasteiger charge is -2.09. The summed E-state index contributed by atoms with van der Waals surface area (Å²) >= 11 is 5.84. The van der Waals surface area contributed by atoms with Gasteiger partial charge in [0.2, 0.25) is 0 Å². The van der Waals surface area contributed by atoms with Crippen LogP contribution in [0, 0.1) is 11.3 Å². The molecule has 2 aromatic rings. The second-order valence-corrected chi connectivity index (χ2v) is 4.35. The van der Waals surface area contributed by atoms with Crippen molar-refractivity contribution < 1.29 is 4.74 Å². The highest BCUT2D eigenvalue weighted by atomic mass is 35.5. The summed E-state index contributed by atoms with van der Waals surface area (Å²) in [5.41, 5.74) is 1.50. The van der Waals surface area contributed by atoms with Gasteiger partial charge in [-0.2, -0.15) is 5.26 Å². The second kappa shape index (κ2) is 6.19. The standard InChI is InChI=1S/C14H12ClN3O/c1-17-7-10-2-3-14(11(4-10)6-16)19-13-5-12(15)8-18-9-13/h2-5,8-9,17H,7H2,1H3. The number of nitriles is 1. The minimum atomic E-state index is 0.479. The van der Waals surface area contributed by atoms with Crippen LogP contribution in [0.1, 0.15) is 11.1 Å². The Morgan fingerprint density at radius 1 is 1.37 bits per heavy atom. The third kappa shape index (κ3) is 3.44. The first-order valence-electron chi connectivity index (χ1n) is 5.69. The molecular weight excluding hydrogens is 262 g/mol. The lowest BCUT2D eigenvalue weighted by Crippen LogP contribution is -2.05. The summed E-state index contributed by atoms with van der Waals surface area (Å²) in [6.07, 6.45) is 3.07. The van der Waals surface area contributed by atoms with E-state index in [0.717, 1.165) is 5.56 Å². The fourth-order valence-corrected chi connectivity index (χ4v) is 1.81. The van der Waals surface area contributed by atoms with E-state index in [0.29, 0.717) is 28.6 Å². The summed E-state index contributed by atoms with van der Waals surface area (Å²) in [5.74, 6) is 0.997. The molecule has 4 nitrogen and oxygen atoms in total. The Morgan fingerprint density at radius 3 is 2.89 bits per heavy atom. The highest BCUT2D eigenvalue weighted by Gasteiger charge is 2.06. The maximum Gasteiger partial charge on any atom is 0.147 e. The van der Waals surface area contributed by atoms with E-state index >= 15 is 0 Å². The Balaban J connectivity index is 2.28. The molecule has 1 N–H and O–H groups in total. The highest BCUT2D eigenvalue weighted by molar-refractivity contribution is 6.30. The van der Waals surface area contributed by atoms with Crippen LogP contribution in [0.25, 0.3) is 0 Å². The number of pyridine rings is 1. The topological polar surface area (TPSA) is 57.9 Å². The molecule has 5 heteroatoms. The predicted octanol–water partition coefficient (Wildman–Crippen LogP) is 3.12. The van der Waals surface area contributed by atoms with E-state index in [4.69, 9.17) is 21.6 Å². The summed E-state index contributed by atoms with van der Waals surface area (Å²) in [5, 5.41) is 12.7. The van der Waals surface area contributed by atoms with Crippen molar-refractivity contribution in [2.24, 2.45) is 0 Å². The molecule has 0 spiro atoms. The van der Waals surface area contributed by atoms with Gasteiger partial charge in [0.1, 0.15) is 17.6 Å². The Hall–Kier alpha value is -2.09. The fourth-order valence-electron chi connectivity index (χ4n) is 1.64. The normalized spacial score (nSPS) is 9.95. The lowest BCUT2D eigenvalue weighted by atomic mass is 10.1. The largest absolute Gasteiger partial charge is 0.454 e. The molecule has 1 aromatic heterocycles. The molecule has 0 amide bonds. The SMILES string of the molecule is CNCc1ccc(Oc2cncc(Cl)c2)c(C#N)c1. The molecule has 1 aromatic carbocycles. The van der Waals surface area contributed by atoms with Crippen molar-refractivity contribution in [3.05, 3.63) is 52.8 Å². The van der Waals surface area contributed by atoms with Crippen LogP contribution in [0.4, 0.5) is 0 Å². The Kier molecular flexibility index (Phi) is 4.35. The van der Waals surface area contributed by atoms with Gasteiger partial charge in [0.25, 0.3) is 0 Å². The van der Waals surface area contributed by atoms with E-state index in [1.807, 2.05) is 13.1 Å². The fraction of sp³-hybridized carbons (Fsp3) is 0.143. The van der Waals surface area contributed by atoms with Crippen LogP contribution in [-0.2, 0) is 6.54 Å². The minimum absolute atomic E-state index is 0.479. The molecule has 19 heavy (non-hydrogen) atoms. The number of benzene rings is 1. The van der Waals surface area contributed by atoms with Crippen LogP contribution in [0.3, 0.4) is 0 Å². The molecule has 0 fully saturated rings. The van der Waals surface area contributed by atoms with Crippen molar-refractivity contribution in [2.75, 3.05) is 7.05 Å². The van der Waals surface area contributed by atoms with Gasteiger partial charge in [-0.05, 0) is 24.7 Å². The molecule has 0 aliphatic rings. The highest BCUT2D eigenvalue weighted by Crippen LogP contribution is 2.26. The summed E-state index contributed by atoms with van der Waals surface area (Å²) < 4.78 is 5.62. The van der Waals surface area contributed by atoms with Crippen LogP contribution in [0.15, 0.2) is 36.7 Å². The van der Waals surface area contributed by atoms with E-state index in [2.05, 4.69) is 16.4 Å². The zero-order chi connectivity index (χ0) is 13.7. The minimum Gasteiger partial charge on any atom is -0.454 e. The van der Waals surface area contributed by atoms with Gasteiger partial charge in [0.15, 0.2) is 0 Å². The van der Waals surface area contributed by atoms with Gasteiger partial charge in [-0.25, -0.2) is 0 Å². The lowest BCUT2D eigenvalue weighted by molar-refractivity contribution is 0.478. The first-order valence-corrected chi connectivity index (χ1v) is 6.07. The first kappa shape index (κ1) is 13.3. The molecular formula is C14H12ClN3O. The molecule has 1 heterocycles. The second-order valence-electron chi connectivity index (χ2n) is 3.91. The third-order valence-electron chi connectivity index (χ3n) is 2.45. The van der Waals surface area contributed by atoms with E-state index in [1.54, 1.807) is 24.4 Å². The maximum atomic E-state index is 9.15. The van der Waals surface area contributed by atoms with E-state index in [-0.39, 0.29) is 0 Å². The van der Waals surface area contributed by atoms with Gasteiger partial charge in [0.05, 0.1) is 16.8 Å². The number of hydrogen-bond donors (Lipinski definition) is 1. The van der Waals surface area contributed by atoms with Crippen LogP contribution >= 0.6 is 11.6 Å². The van der Waals surface area contributed by atoms with Crippen molar-refractivity contribution in [1.82, 2.24) is 10.3 Å². The number of hydrogen-bond acceptors (Lipinski definition) is 4. The molecule has 0 saturated carbocycles. The molecule has 0 atom stereocenters. The van der Waals surface area contributed by atoms with Gasteiger partial charge < -0.3 is 10.1 Å². The Labute approximate surface area is 116 Å². The Morgan fingerprint density at radius 2 is 2.21 bits per heavy atom. The smallest absolute Gasteiger partial charge is 0.147 e. The number of aromatic nitrogens is 1. The quantitative estimate of drug-likeness (QED) is 0.930. The molecule has 0 saturated heterocycles. The first-order chi connectivity index (χ1) is 9.22. The number of ether oxygens (including phenoxy) is 1. The summed E-state index contributed by atoms with van der Waals surface area (Å²) in [6, 6.07) is 9.25. The monoisotopic (exact) mass is 273 g/mol. The van der Waals surface area contributed by atoms with Gasteiger partial charge in [0, 0.05) is 18.8 Å². The van der Waals surface area contributed by atoms with Crippen LogP contribution in [-0.4, -0.2) is 12.0 Å². The van der Waals surface area contributed by atoms with E-state index < -0.39 is 0 Å². The van der Waals surface area contributed by atoms with Crippen molar-refractivity contribution in [3.63, 3.8) is 0 Å². The molecule has 96 valence electrons. The molecule has 0 aliphatic heterocycles. The zero-order valence-corrected chi connectivity index (χ0v) is 11.1. The van der Waals surface area contributed by atoms with Gasteiger partial charge >= 0.3 is 0 Å². The molecule has 2 rings (SSSR count). The number of nitrogens with one attached hydrogen (secondary N) is 1. The summed E-state index contributed by atoms with van der Waals surface area (Å²) in [4.78, 5) is 3.93. The third-order valence-corrected chi connectivity index (χ3v) is 2.66. The molecule has 0 aliphatic carbocycles. The van der Waals surface area contributed by atoms with Crippen molar-refractivity contribution >= 4 is 11.6 Å². The van der Waals surface area contributed by atoms with Crippen LogP contribution < -0.4 is 10.1 Å². The Bertz CT molecular complexity index is 622. The van der Waals surface area contributed by atoms with Crippen molar-refractivity contribution in [2.45, 2.75) is 6.54 Å². The number of nitrogens with zero attached hydrogens (tertiary/aromatic N) is 2. The van der Waals surface area contributed by atoms with Gasteiger partial charge in [-0.3, -0.25) is 4.98 Å². The van der Waals surface area contributed by atoms with E-state index in [9.17, 15) is 0 Å². The predicted molar refractivity (Wildman–Crippen MR) is 73.2 cm³/mol. The molecule has 0 unspecified atom stereocenters. The zero-order valence-electron chi connectivity index (χ0n) is 10.4. The van der Waals surface area contributed by atoms with Crippen molar-refractivity contribution in [1.29, 1.82) is 5.26 Å². The molecule has 0 bridgehead atoms. The summed E-state index contributed by atoms with van der Waals surface area (Å²) in [7, 11) is 1.86. The summed E-state index contributed by atoms with van der Waals surface area (Å²) in [6.45, 7) is 0.702. The van der Waals surface area contributed by atoms with Crippen LogP contribution in [0.2, 0.25) is 5.02 Å². The molecule has 0 radical (unpaired) electrons. The van der Waals surface area contributed by atoms with E-state index in [1.165, 1.54) is 6.20 Å². The maximum absolute atomic E-state index is 9.15.